The molecule has 6 nitrogen and oxygen atoms in total. The molecule has 0 aliphatic rings. The summed E-state index contributed by atoms with van der Waals surface area (Å²) in [4.78, 5) is 19.3. The van der Waals surface area contributed by atoms with E-state index in [9.17, 15) is 4.79 Å². The van der Waals surface area contributed by atoms with Gasteiger partial charge in [-0.1, -0.05) is 6.92 Å². The van der Waals surface area contributed by atoms with Gasteiger partial charge in [0.1, 0.15) is 11.6 Å². The van der Waals surface area contributed by atoms with Crippen molar-refractivity contribution in [3.8, 4) is 0 Å². The number of oxazole rings is 1. The van der Waals surface area contributed by atoms with Crippen molar-refractivity contribution in [3.63, 3.8) is 0 Å². The molecule has 2 aromatic rings. The van der Waals surface area contributed by atoms with E-state index in [1.54, 1.807) is 13.1 Å². The zero-order chi connectivity index (χ0) is 13.8. The Kier molecular flexibility index (Phi) is 3.79. The van der Waals surface area contributed by atoms with Crippen molar-refractivity contribution < 1.29 is 14.3 Å². The quantitative estimate of drug-likeness (QED) is 0.858. The van der Waals surface area contributed by atoms with Crippen molar-refractivity contribution >= 4 is 11.8 Å². The minimum Gasteiger partial charge on any atom is -0.478 e. The van der Waals surface area contributed by atoms with Crippen LogP contribution >= 0.6 is 0 Å². The number of carbonyl (C=O) groups is 1. The molecular formula is C13H15N3O3. The second kappa shape index (κ2) is 5.51. The van der Waals surface area contributed by atoms with Gasteiger partial charge in [0.15, 0.2) is 0 Å². The van der Waals surface area contributed by atoms with Gasteiger partial charge in [-0.15, -0.1) is 0 Å². The fraction of sp³-hybridized carbons (Fsp3) is 0.308. The third-order valence-corrected chi connectivity index (χ3v) is 2.57. The van der Waals surface area contributed by atoms with Gasteiger partial charge in [0.05, 0.1) is 18.3 Å². The summed E-state index contributed by atoms with van der Waals surface area (Å²) in [5, 5.41) is 12.0. The van der Waals surface area contributed by atoms with Crippen LogP contribution in [0.1, 0.15) is 34.6 Å². The van der Waals surface area contributed by atoms with Gasteiger partial charge in [-0.2, -0.15) is 0 Å². The van der Waals surface area contributed by atoms with E-state index in [-0.39, 0.29) is 5.56 Å². The molecule has 0 aromatic carbocycles. The lowest BCUT2D eigenvalue weighted by atomic mass is 10.2. The average molecular weight is 261 g/mol. The van der Waals surface area contributed by atoms with Gasteiger partial charge in [-0.05, 0) is 19.1 Å². The van der Waals surface area contributed by atoms with Crippen LogP contribution in [0.15, 0.2) is 22.7 Å². The molecule has 0 bridgehead atoms. The van der Waals surface area contributed by atoms with Gasteiger partial charge in [0.2, 0.25) is 5.89 Å². The van der Waals surface area contributed by atoms with Gasteiger partial charge < -0.3 is 14.8 Å². The van der Waals surface area contributed by atoms with Crippen LogP contribution in [-0.4, -0.2) is 21.0 Å². The van der Waals surface area contributed by atoms with E-state index in [0.717, 1.165) is 12.2 Å². The van der Waals surface area contributed by atoms with Crippen molar-refractivity contribution in [2.45, 2.75) is 26.8 Å². The number of carboxylic acids is 1. The normalized spacial score (nSPS) is 10.4. The van der Waals surface area contributed by atoms with Gasteiger partial charge in [-0.25, -0.2) is 14.8 Å². The van der Waals surface area contributed by atoms with Crippen LogP contribution in [0.5, 0.6) is 0 Å². The monoisotopic (exact) mass is 261 g/mol. The molecule has 0 atom stereocenters. The molecule has 2 aromatic heterocycles. The maximum atomic E-state index is 10.9. The molecule has 2 N–H and O–H groups in total. The summed E-state index contributed by atoms with van der Waals surface area (Å²) in [7, 11) is 0. The third kappa shape index (κ3) is 3.31. The number of hydrogen-bond donors (Lipinski definition) is 2. The Balaban J connectivity index is 2.08. The minimum atomic E-state index is -0.974. The fourth-order valence-electron chi connectivity index (χ4n) is 1.64. The predicted octanol–water partition coefficient (Wildman–Crippen LogP) is 2.25. The third-order valence-electron chi connectivity index (χ3n) is 2.57. The number of anilines is 1. The Morgan fingerprint density at radius 1 is 1.47 bits per heavy atom. The van der Waals surface area contributed by atoms with Crippen molar-refractivity contribution in [2.24, 2.45) is 0 Å². The van der Waals surface area contributed by atoms with E-state index in [1.807, 2.05) is 6.92 Å². The van der Waals surface area contributed by atoms with Gasteiger partial charge in [0, 0.05) is 12.1 Å². The van der Waals surface area contributed by atoms with E-state index in [1.165, 1.54) is 12.1 Å². The van der Waals surface area contributed by atoms with E-state index in [4.69, 9.17) is 9.52 Å². The second-order valence-corrected chi connectivity index (χ2v) is 4.12. The molecule has 0 fully saturated rings. The molecule has 6 heteroatoms. The molecule has 0 aliphatic carbocycles. The first kappa shape index (κ1) is 13.1. The van der Waals surface area contributed by atoms with Gasteiger partial charge >= 0.3 is 5.97 Å². The van der Waals surface area contributed by atoms with Crippen LogP contribution in [0.3, 0.4) is 0 Å². The molecular weight excluding hydrogens is 246 g/mol. The van der Waals surface area contributed by atoms with Crippen molar-refractivity contribution in [1.82, 2.24) is 9.97 Å². The Hall–Kier alpha value is -2.37. The first-order valence-corrected chi connectivity index (χ1v) is 5.98. The number of carboxylic acid groups (broad SMARTS) is 1. The summed E-state index contributed by atoms with van der Waals surface area (Å²) in [6, 6.07) is 3.01. The van der Waals surface area contributed by atoms with Crippen molar-refractivity contribution in [2.75, 3.05) is 5.32 Å². The SMILES string of the molecule is CCc1cnc(CNc2cc(C(=O)O)cc(C)n2)o1. The average Bonchev–Trinajstić information content (AvgIpc) is 2.83. The number of rotatable bonds is 5. The lowest BCUT2D eigenvalue weighted by Crippen LogP contribution is -2.05. The smallest absolute Gasteiger partial charge is 0.335 e. The molecule has 0 amide bonds. The summed E-state index contributed by atoms with van der Waals surface area (Å²) in [6.45, 7) is 4.10. The van der Waals surface area contributed by atoms with Crippen LogP contribution in [0, 0.1) is 6.92 Å². The Bertz CT molecular complexity index is 593. The number of nitrogens with one attached hydrogen (secondary N) is 1. The summed E-state index contributed by atoms with van der Waals surface area (Å²) in [5.41, 5.74) is 0.848. The summed E-state index contributed by atoms with van der Waals surface area (Å²) in [6.07, 6.45) is 2.47. The van der Waals surface area contributed by atoms with E-state index in [2.05, 4.69) is 15.3 Å². The van der Waals surface area contributed by atoms with E-state index in [0.29, 0.717) is 23.9 Å². The molecule has 0 unspecified atom stereocenters. The van der Waals surface area contributed by atoms with Crippen molar-refractivity contribution in [1.29, 1.82) is 0 Å². The first-order chi connectivity index (χ1) is 9.08. The van der Waals surface area contributed by atoms with Crippen LogP contribution in [-0.2, 0) is 13.0 Å². The highest BCUT2D eigenvalue weighted by atomic mass is 16.4. The van der Waals surface area contributed by atoms with Gasteiger partial charge in [-0.3, -0.25) is 0 Å². The van der Waals surface area contributed by atoms with Crippen molar-refractivity contribution in [3.05, 3.63) is 41.2 Å². The largest absolute Gasteiger partial charge is 0.478 e. The lowest BCUT2D eigenvalue weighted by molar-refractivity contribution is 0.0696. The molecule has 19 heavy (non-hydrogen) atoms. The lowest BCUT2D eigenvalue weighted by Gasteiger charge is -2.05. The highest BCUT2D eigenvalue weighted by molar-refractivity contribution is 5.88. The molecule has 0 spiro atoms. The van der Waals surface area contributed by atoms with Crippen LogP contribution in [0.4, 0.5) is 5.82 Å². The number of aryl methyl sites for hydroxylation is 2. The zero-order valence-corrected chi connectivity index (χ0v) is 10.8. The topological polar surface area (TPSA) is 88.2 Å². The van der Waals surface area contributed by atoms with E-state index < -0.39 is 5.97 Å². The highest BCUT2D eigenvalue weighted by Gasteiger charge is 2.07. The predicted molar refractivity (Wildman–Crippen MR) is 69.1 cm³/mol. The Morgan fingerprint density at radius 2 is 2.26 bits per heavy atom. The first-order valence-electron chi connectivity index (χ1n) is 5.98. The van der Waals surface area contributed by atoms with Gasteiger partial charge in [0.25, 0.3) is 0 Å². The number of pyridine rings is 1. The number of aromatic carboxylic acids is 1. The zero-order valence-electron chi connectivity index (χ0n) is 10.8. The Morgan fingerprint density at radius 3 is 2.89 bits per heavy atom. The summed E-state index contributed by atoms with van der Waals surface area (Å²) in [5.74, 6) is 0.892. The standard InChI is InChI=1S/C13H15N3O3/c1-3-10-6-15-12(19-10)7-14-11-5-9(13(17)18)4-8(2)16-11/h4-6H,3,7H2,1-2H3,(H,14,16)(H,17,18). The molecule has 0 radical (unpaired) electrons. The van der Waals surface area contributed by atoms with E-state index >= 15 is 0 Å². The molecule has 2 rings (SSSR count). The maximum absolute atomic E-state index is 10.9. The second-order valence-electron chi connectivity index (χ2n) is 4.12. The number of hydrogen-bond acceptors (Lipinski definition) is 5. The minimum absolute atomic E-state index is 0.205. The number of nitrogens with zero attached hydrogens (tertiary/aromatic N) is 2. The molecule has 0 aliphatic heterocycles. The Labute approximate surface area is 110 Å². The highest BCUT2D eigenvalue weighted by Crippen LogP contribution is 2.12. The molecule has 0 saturated carbocycles. The molecule has 2 heterocycles. The van der Waals surface area contributed by atoms with Crippen LogP contribution < -0.4 is 5.32 Å². The van der Waals surface area contributed by atoms with Crippen LogP contribution in [0.2, 0.25) is 0 Å². The molecule has 0 saturated heterocycles. The number of aromatic nitrogens is 2. The fourth-order valence-corrected chi connectivity index (χ4v) is 1.64. The molecule has 100 valence electrons. The summed E-state index contributed by atoms with van der Waals surface area (Å²) >= 11 is 0. The maximum Gasteiger partial charge on any atom is 0.335 e. The van der Waals surface area contributed by atoms with Crippen LogP contribution in [0.25, 0.3) is 0 Å². The summed E-state index contributed by atoms with van der Waals surface area (Å²) < 4.78 is 5.44.